The summed E-state index contributed by atoms with van der Waals surface area (Å²) in [6.45, 7) is 7.59. The molecule has 1 aromatic rings. The van der Waals surface area contributed by atoms with Gasteiger partial charge in [-0.3, -0.25) is 14.9 Å². The molecule has 21 heavy (non-hydrogen) atoms. The van der Waals surface area contributed by atoms with Gasteiger partial charge in [0, 0.05) is 12.0 Å². The van der Waals surface area contributed by atoms with Gasteiger partial charge in [0.2, 0.25) is 11.8 Å². The Balaban J connectivity index is 0.00000106. The first-order valence-corrected chi connectivity index (χ1v) is 7.23. The average Bonchev–Trinajstić information content (AvgIpc) is 2.43. The first-order chi connectivity index (χ1) is 9.91. The molecule has 3 nitrogen and oxygen atoms in total. The molecule has 1 heterocycles. The highest BCUT2D eigenvalue weighted by Crippen LogP contribution is 2.32. The predicted octanol–water partition coefficient (Wildman–Crippen LogP) is 3.63. The van der Waals surface area contributed by atoms with Crippen LogP contribution in [-0.4, -0.2) is 11.8 Å². The van der Waals surface area contributed by atoms with Crippen LogP contribution in [0.3, 0.4) is 0 Å². The molecule has 0 saturated carbocycles. The number of nitrogens with one attached hydrogen (secondary N) is 1. The molecule has 0 bridgehead atoms. The fraction of sp³-hybridized carbons (Fsp3) is 0.500. The second-order valence-electron chi connectivity index (χ2n) is 5.02. The summed E-state index contributed by atoms with van der Waals surface area (Å²) >= 11 is 0. The Hall–Kier alpha value is -1.78. The van der Waals surface area contributed by atoms with Gasteiger partial charge in [-0.25, -0.2) is 8.78 Å². The molecule has 116 valence electrons. The van der Waals surface area contributed by atoms with Crippen LogP contribution in [-0.2, 0) is 9.59 Å². The number of piperidine rings is 1. The Morgan fingerprint density at radius 2 is 1.81 bits per heavy atom. The van der Waals surface area contributed by atoms with Crippen molar-refractivity contribution in [3.05, 3.63) is 34.9 Å². The van der Waals surface area contributed by atoms with Crippen LogP contribution >= 0.6 is 0 Å². The van der Waals surface area contributed by atoms with Crippen LogP contribution in [0.1, 0.15) is 63.5 Å². The van der Waals surface area contributed by atoms with E-state index in [1.165, 1.54) is 12.1 Å². The minimum absolute atomic E-state index is 0.0984. The zero-order valence-corrected chi connectivity index (χ0v) is 12.8. The molecule has 5 heteroatoms. The van der Waals surface area contributed by atoms with Gasteiger partial charge in [0.05, 0.1) is 5.92 Å². The Labute approximate surface area is 123 Å². The molecule has 0 spiro atoms. The lowest BCUT2D eigenvalue weighted by Gasteiger charge is -2.23. The van der Waals surface area contributed by atoms with Crippen molar-refractivity contribution >= 4 is 11.8 Å². The van der Waals surface area contributed by atoms with Gasteiger partial charge in [-0.15, -0.1) is 0 Å². The summed E-state index contributed by atoms with van der Waals surface area (Å²) < 4.78 is 28.2. The molecule has 1 unspecified atom stereocenters. The molecular weight excluding hydrogens is 276 g/mol. The van der Waals surface area contributed by atoms with Crippen molar-refractivity contribution in [3.63, 3.8) is 0 Å². The molecule has 1 atom stereocenters. The highest BCUT2D eigenvalue weighted by atomic mass is 19.1. The second-order valence-corrected chi connectivity index (χ2v) is 5.02. The molecule has 1 aliphatic heterocycles. The molecule has 2 rings (SSSR count). The van der Waals surface area contributed by atoms with E-state index in [9.17, 15) is 18.4 Å². The normalized spacial score (nSPS) is 18.1. The summed E-state index contributed by atoms with van der Waals surface area (Å²) in [5.74, 6) is -3.48. The lowest BCUT2D eigenvalue weighted by Crippen LogP contribution is -2.40. The topological polar surface area (TPSA) is 46.2 Å². The van der Waals surface area contributed by atoms with Crippen molar-refractivity contribution in [2.45, 2.75) is 52.4 Å². The summed E-state index contributed by atoms with van der Waals surface area (Å²) in [7, 11) is 0. The Morgan fingerprint density at radius 1 is 1.19 bits per heavy atom. The zero-order chi connectivity index (χ0) is 16.2. The largest absolute Gasteiger partial charge is 0.296 e. The number of carbonyl (C=O) groups excluding carboxylic acids is 2. The number of carbonyl (C=O) groups is 2. The van der Waals surface area contributed by atoms with E-state index in [1.54, 1.807) is 13.8 Å². The predicted molar refractivity (Wildman–Crippen MR) is 76.9 cm³/mol. The SMILES string of the molecule is CC.CC(C)c1ccc(F)c(C2CCC(=O)NC2=O)c1F. The molecule has 0 aliphatic carbocycles. The van der Waals surface area contributed by atoms with Crippen molar-refractivity contribution in [3.8, 4) is 0 Å². The van der Waals surface area contributed by atoms with Crippen LogP contribution in [0.15, 0.2) is 12.1 Å². The van der Waals surface area contributed by atoms with E-state index in [2.05, 4.69) is 5.32 Å². The third-order valence-electron chi connectivity index (χ3n) is 3.37. The summed E-state index contributed by atoms with van der Waals surface area (Å²) in [5, 5.41) is 2.12. The average molecular weight is 297 g/mol. The molecule has 0 aromatic heterocycles. The molecule has 1 fully saturated rings. The molecule has 1 N–H and O–H groups in total. The summed E-state index contributed by atoms with van der Waals surface area (Å²) in [6, 6.07) is 2.57. The number of hydrogen-bond donors (Lipinski definition) is 1. The van der Waals surface area contributed by atoms with E-state index in [4.69, 9.17) is 0 Å². The van der Waals surface area contributed by atoms with Crippen LogP contribution in [0.4, 0.5) is 8.78 Å². The van der Waals surface area contributed by atoms with Crippen molar-refractivity contribution in [1.29, 1.82) is 0 Å². The minimum atomic E-state index is -0.934. The van der Waals surface area contributed by atoms with Gasteiger partial charge in [-0.05, 0) is 24.0 Å². The third-order valence-corrected chi connectivity index (χ3v) is 3.37. The van der Waals surface area contributed by atoms with E-state index >= 15 is 0 Å². The number of imide groups is 1. The first kappa shape index (κ1) is 17.3. The first-order valence-electron chi connectivity index (χ1n) is 7.23. The van der Waals surface area contributed by atoms with E-state index < -0.39 is 29.4 Å². The molecule has 1 aliphatic rings. The van der Waals surface area contributed by atoms with Crippen molar-refractivity contribution in [1.82, 2.24) is 5.32 Å². The van der Waals surface area contributed by atoms with Gasteiger partial charge in [-0.1, -0.05) is 33.8 Å². The van der Waals surface area contributed by atoms with Gasteiger partial charge in [0.25, 0.3) is 0 Å². The summed E-state index contributed by atoms with van der Waals surface area (Å²) in [6.07, 6.45) is 0.237. The lowest BCUT2D eigenvalue weighted by molar-refractivity contribution is -0.134. The maximum atomic E-state index is 14.3. The van der Waals surface area contributed by atoms with Gasteiger partial charge in [-0.2, -0.15) is 0 Å². The monoisotopic (exact) mass is 297 g/mol. The van der Waals surface area contributed by atoms with Crippen LogP contribution in [0.5, 0.6) is 0 Å². The van der Waals surface area contributed by atoms with Gasteiger partial charge in [0.15, 0.2) is 0 Å². The Morgan fingerprint density at radius 3 is 2.33 bits per heavy atom. The van der Waals surface area contributed by atoms with E-state index in [-0.39, 0.29) is 24.3 Å². The fourth-order valence-corrected chi connectivity index (χ4v) is 2.32. The van der Waals surface area contributed by atoms with Crippen molar-refractivity contribution in [2.75, 3.05) is 0 Å². The van der Waals surface area contributed by atoms with Crippen molar-refractivity contribution in [2.24, 2.45) is 0 Å². The van der Waals surface area contributed by atoms with Crippen LogP contribution < -0.4 is 5.32 Å². The standard InChI is InChI=1S/C14H15F2NO2.C2H6/c1-7(2)8-3-5-10(15)12(13(8)16)9-4-6-11(18)17-14(9)19;1-2/h3,5,7,9H,4,6H2,1-2H3,(H,17,18,19);1-2H3. The third kappa shape index (κ3) is 3.65. The van der Waals surface area contributed by atoms with Gasteiger partial charge >= 0.3 is 0 Å². The molecule has 1 aromatic carbocycles. The number of hydrogen-bond acceptors (Lipinski definition) is 2. The van der Waals surface area contributed by atoms with E-state index in [0.717, 1.165) is 0 Å². The molecular formula is C16H21F2NO2. The Bertz CT molecular complexity index is 541. The summed E-state index contributed by atoms with van der Waals surface area (Å²) in [5.41, 5.74) is 0.150. The minimum Gasteiger partial charge on any atom is -0.296 e. The van der Waals surface area contributed by atoms with Gasteiger partial charge < -0.3 is 0 Å². The maximum Gasteiger partial charge on any atom is 0.234 e. The Kier molecular flexibility index (Phi) is 6.00. The van der Waals surface area contributed by atoms with E-state index in [1.807, 2.05) is 13.8 Å². The number of amides is 2. The number of halogens is 2. The molecule has 1 saturated heterocycles. The number of benzene rings is 1. The highest BCUT2D eigenvalue weighted by Gasteiger charge is 2.33. The van der Waals surface area contributed by atoms with Crippen LogP contribution in [0.25, 0.3) is 0 Å². The smallest absolute Gasteiger partial charge is 0.234 e. The van der Waals surface area contributed by atoms with Gasteiger partial charge in [0.1, 0.15) is 11.6 Å². The maximum absolute atomic E-state index is 14.3. The fourth-order valence-electron chi connectivity index (χ4n) is 2.32. The molecule has 0 radical (unpaired) electrons. The summed E-state index contributed by atoms with van der Waals surface area (Å²) in [4.78, 5) is 22.8. The lowest BCUT2D eigenvalue weighted by atomic mass is 9.87. The quantitative estimate of drug-likeness (QED) is 0.847. The van der Waals surface area contributed by atoms with E-state index in [0.29, 0.717) is 5.56 Å². The zero-order valence-electron chi connectivity index (χ0n) is 12.8. The van der Waals surface area contributed by atoms with Crippen LogP contribution in [0, 0.1) is 11.6 Å². The second kappa shape index (κ2) is 7.29. The van der Waals surface area contributed by atoms with Crippen molar-refractivity contribution < 1.29 is 18.4 Å². The highest BCUT2D eigenvalue weighted by molar-refractivity contribution is 6.01. The van der Waals surface area contributed by atoms with Crippen LogP contribution in [0.2, 0.25) is 0 Å². The molecule has 2 amide bonds. The number of rotatable bonds is 2.